The van der Waals surface area contributed by atoms with Crippen LogP contribution in [0.3, 0.4) is 0 Å². The number of alkyl halides is 3. The van der Waals surface area contributed by atoms with Crippen molar-refractivity contribution in [3.63, 3.8) is 0 Å². The van der Waals surface area contributed by atoms with Crippen LogP contribution in [-0.2, 0) is 10.9 Å². The summed E-state index contributed by atoms with van der Waals surface area (Å²) in [6.45, 7) is 5.22. The summed E-state index contributed by atoms with van der Waals surface area (Å²) >= 11 is 0. The van der Waals surface area contributed by atoms with Crippen molar-refractivity contribution in [2.24, 2.45) is 0 Å². The average Bonchev–Trinajstić information content (AvgIpc) is 2.44. The zero-order valence-electron chi connectivity index (χ0n) is 11.2. The molecule has 3 nitrogen and oxygen atoms in total. The smallest absolute Gasteiger partial charge is 0.385 e. The predicted octanol–water partition coefficient (Wildman–Crippen LogP) is 2.84. The van der Waals surface area contributed by atoms with Gasteiger partial charge in [-0.05, 0) is 37.2 Å². The van der Waals surface area contributed by atoms with E-state index in [4.69, 9.17) is 4.74 Å². The van der Waals surface area contributed by atoms with Crippen LogP contribution >= 0.6 is 0 Å². The molecule has 0 radical (unpaired) electrons. The van der Waals surface area contributed by atoms with Crippen LogP contribution in [-0.4, -0.2) is 44.3 Å². The van der Waals surface area contributed by atoms with Gasteiger partial charge in [-0.2, -0.15) is 13.2 Å². The summed E-state index contributed by atoms with van der Waals surface area (Å²) in [7, 11) is 0. The number of hydrogen-bond acceptors (Lipinski definition) is 3. The number of morpholine rings is 1. The molecule has 0 bridgehead atoms. The minimum atomic E-state index is -4.27. The van der Waals surface area contributed by atoms with Crippen LogP contribution in [0, 0.1) is 0 Å². The molecule has 1 aliphatic rings. The highest BCUT2D eigenvalue weighted by Gasteiger charge is 2.29. The highest BCUT2D eigenvalue weighted by molar-refractivity contribution is 5.45. The summed E-state index contributed by atoms with van der Waals surface area (Å²) in [4.78, 5) is 2.33. The molecular weight excluding hydrogens is 269 g/mol. The van der Waals surface area contributed by atoms with Crippen LogP contribution in [0.25, 0.3) is 0 Å². The fraction of sp³-hybridized carbons (Fsp3) is 0.571. The third-order valence-electron chi connectivity index (χ3n) is 3.30. The van der Waals surface area contributed by atoms with E-state index in [0.29, 0.717) is 0 Å². The molecule has 0 unspecified atom stereocenters. The summed E-state index contributed by atoms with van der Waals surface area (Å²) in [5, 5.41) is 3.14. The van der Waals surface area contributed by atoms with Crippen molar-refractivity contribution < 1.29 is 17.9 Å². The number of nitrogens with one attached hydrogen (secondary N) is 1. The second kappa shape index (κ2) is 6.95. The molecule has 1 aliphatic heterocycles. The third kappa shape index (κ3) is 4.68. The van der Waals surface area contributed by atoms with Gasteiger partial charge in [0.1, 0.15) is 0 Å². The number of rotatable bonds is 5. The van der Waals surface area contributed by atoms with Gasteiger partial charge in [-0.25, -0.2) is 0 Å². The van der Waals surface area contributed by atoms with Crippen LogP contribution < -0.4 is 5.32 Å². The van der Waals surface area contributed by atoms with E-state index in [1.807, 2.05) is 0 Å². The van der Waals surface area contributed by atoms with Crippen molar-refractivity contribution in [2.75, 3.05) is 44.7 Å². The molecule has 1 aromatic carbocycles. The molecule has 0 spiro atoms. The van der Waals surface area contributed by atoms with Crippen molar-refractivity contribution >= 4 is 5.69 Å². The minimum Gasteiger partial charge on any atom is -0.385 e. The maximum Gasteiger partial charge on any atom is 0.416 e. The number of halogens is 3. The van der Waals surface area contributed by atoms with Gasteiger partial charge in [0.15, 0.2) is 0 Å². The lowest BCUT2D eigenvalue weighted by molar-refractivity contribution is -0.137. The Bertz CT molecular complexity index is 400. The number of anilines is 1. The molecule has 1 fully saturated rings. The Kier molecular flexibility index (Phi) is 5.25. The van der Waals surface area contributed by atoms with Crippen molar-refractivity contribution in [3.8, 4) is 0 Å². The maximum absolute atomic E-state index is 12.4. The molecular formula is C14H19F3N2O. The van der Waals surface area contributed by atoms with Crippen LogP contribution in [0.2, 0.25) is 0 Å². The van der Waals surface area contributed by atoms with E-state index in [2.05, 4.69) is 10.2 Å². The molecule has 2 rings (SSSR count). The molecule has 0 amide bonds. The highest BCUT2D eigenvalue weighted by atomic mass is 19.4. The molecule has 6 heteroatoms. The molecule has 0 aromatic heterocycles. The largest absolute Gasteiger partial charge is 0.416 e. The molecule has 112 valence electrons. The lowest BCUT2D eigenvalue weighted by Gasteiger charge is -2.26. The van der Waals surface area contributed by atoms with E-state index in [9.17, 15) is 13.2 Å². The Hall–Kier alpha value is -1.27. The summed E-state index contributed by atoms with van der Waals surface area (Å²) in [6.07, 6.45) is -3.31. The summed E-state index contributed by atoms with van der Waals surface area (Å²) in [5.41, 5.74) is 0.108. The SMILES string of the molecule is FC(F)(F)c1ccc(NCCCN2CCOCC2)cc1. The molecule has 0 atom stereocenters. The monoisotopic (exact) mass is 288 g/mol. The normalized spacial score (nSPS) is 17.1. The quantitative estimate of drug-likeness (QED) is 0.843. The number of benzene rings is 1. The lowest BCUT2D eigenvalue weighted by Crippen LogP contribution is -2.37. The van der Waals surface area contributed by atoms with Gasteiger partial charge in [0.2, 0.25) is 0 Å². The first-order chi connectivity index (χ1) is 9.55. The Morgan fingerprint density at radius 1 is 1.10 bits per heavy atom. The minimum absolute atomic E-state index is 0.614. The molecule has 1 heterocycles. The molecule has 0 saturated carbocycles. The Morgan fingerprint density at radius 2 is 1.75 bits per heavy atom. The molecule has 1 N–H and O–H groups in total. The number of nitrogens with zero attached hydrogens (tertiary/aromatic N) is 1. The zero-order valence-corrected chi connectivity index (χ0v) is 11.2. The van der Waals surface area contributed by atoms with Crippen LogP contribution in [0.1, 0.15) is 12.0 Å². The van der Waals surface area contributed by atoms with E-state index < -0.39 is 11.7 Å². The fourth-order valence-corrected chi connectivity index (χ4v) is 2.14. The van der Waals surface area contributed by atoms with Gasteiger partial charge in [-0.1, -0.05) is 0 Å². The van der Waals surface area contributed by atoms with Crippen LogP contribution in [0.15, 0.2) is 24.3 Å². The zero-order chi connectivity index (χ0) is 14.4. The molecule has 20 heavy (non-hydrogen) atoms. The molecule has 0 aliphatic carbocycles. The molecule has 1 aromatic rings. The lowest BCUT2D eigenvalue weighted by atomic mass is 10.2. The second-order valence-electron chi connectivity index (χ2n) is 4.81. The first-order valence-corrected chi connectivity index (χ1v) is 6.77. The van der Waals surface area contributed by atoms with Crippen molar-refractivity contribution in [1.29, 1.82) is 0 Å². The van der Waals surface area contributed by atoms with E-state index in [-0.39, 0.29) is 0 Å². The Labute approximate surface area is 116 Å². The van der Waals surface area contributed by atoms with Crippen molar-refractivity contribution in [1.82, 2.24) is 4.90 Å². The predicted molar refractivity (Wildman–Crippen MR) is 71.8 cm³/mol. The molecule has 1 saturated heterocycles. The number of hydrogen-bond donors (Lipinski definition) is 1. The first kappa shape index (κ1) is 15.1. The van der Waals surface area contributed by atoms with Gasteiger partial charge < -0.3 is 10.1 Å². The standard InChI is InChI=1S/C14H19F3N2O/c15-14(16,17)12-2-4-13(5-3-12)18-6-1-7-19-8-10-20-11-9-19/h2-5,18H,1,6-11H2. The highest BCUT2D eigenvalue weighted by Crippen LogP contribution is 2.29. The van der Waals surface area contributed by atoms with Gasteiger partial charge in [-0.3, -0.25) is 4.90 Å². The van der Waals surface area contributed by atoms with Gasteiger partial charge in [0, 0.05) is 25.3 Å². The van der Waals surface area contributed by atoms with E-state index >= 15 is 0 Å². The Morgan fingerprint density at radius 3 is 2.35 bits per heavy atom. The van der Waals surface area contributed by atoms with Gasteiger partial charge in [-0.15, -0.1) is 0 Å². The van der Waals surface area contributed by atoms with Crippen LogP contribution in [0.5, 0.6) is 0 Å². The Balaban J connectivity index is 1.68. The summed E-state index contributed by atoms with van der Waals surface area (Å²) < 4.78 is 42.5. The summed E-state index contributed by atoms with van der Waals surface area (Å²) in [6, 6.07) is 5.14. The second-order valence-corrected chi connectivity index (χ2v) is 4.81. The maximum atomic E-state index is 12.4. The van der Waals surface area contributed by atoms with Crippen molar-refractivity contribution in [2.45, 2.75) is 12.6 Å². The third-order valence-corrected chi connectivity index (χ3v) is 3.30. The van der Waals surface area contributed by atoms with Gasteiger partial charge >= 0.3 is 6.18 Å². The number of ether oxygens (including phenoxy) is 1. The van der Waals surface area contributed by atoms with Gasteiger partial charge in [0.05, 0.1) is 18.8 Å². The van der Waals surface area contributed by atoms with Gasteiger partial charge in [0.25, 0.3) is 0 Å². The summed E-state index contributed by atoms with van der Waals surface area (Å²) in [5.74, 6) is 0. The van der Waals surface area contributed by atoms with Crippen LogP contribution in [0.4, 0.5) is 18.9 Å². The van der Waals surface area contributed by atoms with E-state index in [0.717, 1.165) is 63.6 Å². The van der Waals surface area contributed by atoms with E-state index in [1.165, 1.54) is 12.1 Å². The van der Waals surface area contributed by atoms with E-state index in [1.54, 1.807) is 0 Å². The fourth-order valence-electron chi connectivity index (χ4n) is 2.14. The average molecular weight is 288 g/mol. The topological polar surface area (TPSA) is 24.5 Å². The first-order valence-electron chi connectivity index (χ1n) is 6.77. The van der Waals surface area contributed by atoms with Crippen molar-refractivity contribution in [3.05, 3.63) is 29.8 Å².